The number of hydrogen-bond acceptors (Lipinski definition) is 6. The van der Waals surface area contributed by atoms with Crippen molar-refractivity contribution in [2.24, 2.45) is 0 Å². The molecular formula is C21H20ClN3O4. The summed E-state index contributed by atoms with van der Waals surface area (Å²) >= 11 is 0. The minimum Gasteiger partial charge on any atom is -0.493 e. The summed E-state index contributed by atoms with van der Waals surface area (Å²) in [5, 5.41) is 10.8. The van der Waals surface area contributed by atoms with Gasteiger partial charge in [-0.15, -0.1) is 12.4 Å². The van der Waals surface area contributed by atoms with Gasteiger partial charge in [-0.1, -0.05) is 18.2 Å². The number of methoxy groups -OCH3 is 2. The van der Waals surface area contributed by atoms with Gasteiger partial charge in [-0.25, -0.2) is 4.98 Å². The maximum Gasteiger partial charge on any atom is 0.258 e. The Morgan fingerprint density at radius 2 is 1.86 bits per heavy atom. The van der Waals surface area contributed by atoms with Crippen molar-refractivity contribution in [2.75, 3.05) is 14.2 Å². The molecule has 0 spiro atoms. The van der Waals surface area contributed by atoms with Crippen LogP contribution in [-0.4, -0.2) is 34.3 Å². The highest BCUT2D eigenvalue weighted by Gasteiger charge is 2.12. The number of halogens is 1. The van der Waals surface area contributed by atoms with Crippen LogP contribution >= 0.6 is 12.4 Å². The molecular weight excluding hydrogens is 394 g/mol. The molecule has 2 heterocycles. The molecule has 150 valence electrons. The number of ether oxygens (including phenoxy) is 2. The minimum atomic E-state index is -0.239. The Kier molecular flexibility index (Phi) is 6.00. The smallest absolute Gasteiger partial charge is 0.258 e. The van der Waals surface area contributed by atoms with E-state index < -0.39 is 0 Å². The van der Waals surface area contributed by atoms with Crippen LogP contribution in [-0.2, 0) is 13.0 Å². The largest absolute Gasteiger partial charge is 0.493 e. The van der Waals surface area contributed by atoms with Gasteiger partial charge in [0, 0.05) is 29.6 Å². The van der Waals surface area contributed by atoms with E-state index in [1.165, 1.54) is 7.11 Å². The maximum absolute atomic E-state index is 12.5. The highest BCUT2D eigenvalue weighted by molar-refractivity contribution is 5.85. The summed E-state index contributed by atoms with van der Waals surface area (Å²) in [6.45, 7) is -0.0610. The Labute approximate surface area is 172 Å². The summed E-state index contributed by atoms with van der Waals surface area (Å²) in [7, 11) is 3.06. The lowest BCUT2D eigenvalue weighted by atomic mass is 10.1. The molecule has 0 unspecified atom stereocenters. The van der Waals surface area contributed by atoms with Gasteiger partial charge in [0.15, 0.2) is 11.5 Å². The van der Waals surface area contributed by atoms with Crippen LogP contribution in [0.5, 0.6) is 11.5 Å². The van der Waals surface area contributed by atoms with E-state index in [4.69, 9.17) is 9.47 Å². The molecule has 4 aromatic rings. The number of nitrogens with one attached hydrogen (secondary N) is 1. The quantitative estimate of drug-likeness (QED) is 0.522. The first-order valence-corrected chi connectivity index (χ1v) is 8.75. The summed E-state index contributed by atoms with van der Waals surface area (Å²) in [4.78, 5) is 24.4. The molecule has 0 bridgehead atoms. The number of benzene rings is 2. The summed E-state index contributed by atoms with van der Waals surface area (Å²) in [5.74, 6) is 1.53. The summed E-state index contributed by atoms with van der Waals surface area (Å²) in [6, 6.07) is 11.0. The third-order valence-electron chi connectivity index (χ3n) is 4.65. The number of pyridine rings is 1. The van der Waals surface area contributed by atoms with E-state index >= 15 is 0 Å². The van der Waals surface area contributed by atoms with E-state index in [9.17, 15) is 9.90 Å². The molecule has 0 aliphatic heterocycles. The fourth-order valence-corrected chi connectivity index (χ4v) is 3.29. The van der Waals surface area contributed by atoms with Gasteiger partial charge in [0.05, 0.1) is 37.2 Å². The van der Waals surface area contributed by atoms with Crippen molar-refractivity contribution in [3.63, 3.8) is 0 Å². The van der Waals surface area contributed by atoms with Crippen LogP contribution in [0.4, 0.5) is 0 Å². The number of H-pyrrole nitrogens is 1. The fourth-order valence-electron chi connectivity index (χ4n) is 3.29. The number of aromatic amines is 1. The van der Waals surface area contributed by atoms with Gasteiger partial charge in [-0.05, 0) is 17.7 Å². The van der Waals surface area contributed by atoms with E-state index in [0.717, 1.165) is 22.0 Å². The van der Waals surface area contributed by atoms with E-state index in [1.54, 1.807) is 25.4 Å². The van der Waals surface area contributed by atoms with Crippen molar-refractivity contribution in [3.05, 3.63) is 69.9 Å². The average molecular weight is 414 g/mol. The monoisotopic (exact) mass is 413 g/mol. The first kappa shape index (κ1) is 20.6. The van der Waals surface area contributed by atoms with Crippen LogP contribution in [0.1, 0.15) is 17.0 Å². The molecule has 0 amide bonds. The van der Waals surface area contributed by atoms with Crippen LogP contribution in [0.15, 0.2) is 47.4 Å². The highest BCUT2D eigenvalue weighted by Crippen LogP contribution is 2.30. The Balaban J connectivity index is 0.00000240. The Bertz CT molecular complexity index is 1240. The molecule has 0 aliphatic carbocycles. The van der Waals surface area contributed by atoms with Gasteiger partial charge >= 0.3 is 0 Å². The van der Waals surface area contributed by atoms with Gasteiger partial charge in [0.2, 0.25) is 0 Å². The molecule has 2 aromatic carbocycles. The van der Waals surface area contributed by atoms with Crippen LogP contribution in [0.3, 0.4) is 0 Å². The molecule has 2 N–H and O–H groups in total. The first-order chi connectivity index (χ1) is 13.6. The van der Waals surface area contributed by atoms with Gasteiger partial charge in [-0.3, -0.25) is 9.78 Å². The molecule has 7 nitrogen and oxygen atoms in total. The normalized spacial score (nSPS) is 10.7. The van der Waals surface area contributed by atoms with Crippen molar-refractivity contribution in [1.82, 2.24) is 15.0 Å². The van der Waals surface area contributed by atoms with E-state index in [-0.39, 0.29) is 24.6 Å². The van der Waals surface area contributed by atoms with Crippen LogP contribution in [0.2, 0.25) is 0 Å². The number of aliphatic hydroxyl groups is 1. The SMILES string of the molecule is COc1cc2nc(Cc3cnc4c(CO)cccc4c3)[nH]c(=O)c2cc1OC.Cl. The topological polar surface area (TPSA) is 97.3 Å². The second-order valence-electron chi connectivity index (χ2n) is 6.40. The van der Waals surface area contributed by atoms with Gasteiger partial charge in [0.25, 0.3) is 5.56 Å². The number of aliphatic hydroxyl groups excluding tert-OH is 1. The number of aromatic nitrogens is 3. The number of fused-ring (bicyclic) bond motifs is 2. The summed E-state index contributed by atoms with van der Waals surface area (Å²) < 4.78 is 10.6. The van der Waals surface area contributed by atoms with Crippen molar-refractivity contribution in [3.8, 4) is 11.5 Å². The first-order valence-electron chi connectivity index (χ1n) is 8.75. The molecule has 8 heteroatoms. The van der Waals surface area contributed by atoms with Crippen LogP contribution in [0.25, 0.3) is 21.8 Å². The molecule has 0 fully saturated rings. The Hall–Kier alpha value is -3.16. The molecule has 4 rings (SSSR count). The second-order valence-corrected chi connectivity index (χ2v) is 6.40. The molecule has 29 heavy (non-hydrogen) atoms. The molecule has 0 aliphatic rings. The third-order valence-corrected chi connectivity index (χ3v) is 4.65. The molecule has 2 aromatic heterocycles. The fraction of sp³-hybridized carbons (Fsp3) is 0.190. The number of nitrogens with zero attached hydrogens (tertiary/aromatic N) is 2. The average Bonchev–Trinajstić information content (AvgIpc) is 2.72. The minimum absolute atomic E-state index is 0. The standard InChI is InChI=1S/C21H19N3O4.ClH/c1-27-17-8-15-16(9-18(17)28-2)23-19(24-21(15)26)7-12-6-13-4-3-5-14(11-25)20(13)22-10-12;/h3-6,8-10,25H,7,11H2,1-2H3,(H,23,24,26);1H. The molecule has 0 radical (unpaired) electrons. The second kappa shape index (κ2) is 8.46. The molecule has 0 saturated heterocycles. The van der Waals surface area contributed by atoms with Crippen LogP contribution in [0, 0.1) is 0 Å². The lowest BCUT2D eigenvalue weighted by Gasteiger charge is -2.10. The number of para-hydroxylation sites is 1. The van der Waals surface area contributed by atoms with Crippen molar-refractivity contribution in [1.29, 1.82) is 0 Å². The summed E-state index contributed by atoms with van der Waals surface area (Å²) in [5.41, 5.74) is 2.75. The van der Waals surface area contributed by atoms with Gasteiger partial charge < -0.3 is 19.6 Å². The lowest BCUT2D eigenvalue weighted by molar-refractivity contribution is 0.283. The zero-order chi connectivity index (χ0) is 19.7. The Morgan fingerprint density at radius 3 is 2.59 bits per heavy atom. The third kappa shape index (κ3) is 3.87. The number of rotatable bonds is 5. The highest BCUT2D eigenvalue weighted by atomic mass is 35.5. The number of hydrogen-bond donors (Lipinski definition) is 2. The van der Waals surface area contributed by atoms with E-state index in [2.05, 4.69) is 15.0 Å². The maximum atomic E-state index is 12.5. The van der Waals surface area contributed by atoms with Crippen molar-refractivity contribution >= 4 is 34.2 Å². The zero-order valence-electron chi connectivity index (χ0n) is 15.9. The van der Waals surface area contributed by atoms with Crippen LogP contribution < -0.4 is 15.0 Å². The summed E-state index contributed by atoms with van der Waals surface area (Å²) in [6.07, 6.45) is 2.16. The van der Waals surface area contributed by atoms with Gasteiger partial charge in [-0.2, -0.15) is 0 Å². The lowest BCUT2D eigenvalue weighted by Crippen LogP contribution is -2.12. The molecule has 0 atom stereocenters. The molecule has 0 saturated carbocycles. The van der Waals surface area contributed by atoms with Crippen molar-refractivity contribution in [2.45, 2.75) is 13.0 Å². The van der Waals surface area contributed by atoms with Crippen molar-refractivity contribution < 1.29 is 14.6 Å². The van der Waals surface area contributed by atoms with Gasteiger partial charge in [0.1, 0.15) is 5.82 Å². The van der Waals surface area contributed by atoms with E-state index in [1.807, 2.05) is 24.3 Å². The predicted octanol–water partition coefficient (Wildman–Crippen LogP) is 2.99. The predicted molar refractivity (Wildman–Crippen MR) is 113 cm³/mol. The van der Waals surface area contributed by atoms with E-state index in [0.29, 0.717) is 34.6 Å². The zero-order valence-corrected chi connectivity index (χ0v) is 16.7. The Morgan fingerprint density at radius 1 is 1.10 bits per heavy atom.